The van der Waals surface area contributed by atoms with E-state index in [9.17, 15) is 0 Å². The molecule has 1 unspecified atom stereocenters. The number of hydrogen-bond acceptors (Lipinski definition) is 5. The third-order valence-electron chi connectivity index (χ3n) is 5.12. The minimum absolute atomic E-state index is 0.312. The van der Waals surface area contributed by atoms with E-state index in [0.29, 0.717) is 23.2 Å². The van der Waals surface area contributed by atoms with Crippen LogP contribution in [-0.2, 0) is 0 Å². The molecule has 1 atom stereocenters. The first-order valence-electron chi connectivity index (χ1n) is 8.87. The summed E-state index contributed by atoms with van der Waals surface area (Å²) in [7, 11) is 7.14. The van der Waals surface area contributed by atoms with Crippen LogP contribution >= 0.6 is 22.6 Å². The van der Waals surface area contributed by atoms with E-state index in [0.717, 1.165) is 32.6 Å². The van der Waals surface area contributed by atoms with Crippen LogP contribution < -0.4 is 14.2 Å². The largest absolute Gasteiger partial charge is 0.493 e. The zero-order chi connectivity index (χ0) is 18.7. The summed E-state index contributed by atoms with van der Waals surface area (Å²) in [6, 6.07) is 4.11. The number of likely N-dealkylation sites (N-methyl/N-ethyl adjacent to an activating group) is 1. The molecule has 0 radical (unpaired) electrons. The van der Waals surface area contributed by atoms with Crippen LogP contribution in [0, 0.1) is 0 Å². The van der Waals surface area contributed by atoms with Crippen LogP contribution in [0.3, 0.4) is 0 Å². The van der Waals surface area contributed by atoms with Crippen LogP contribution in [-0.4, -0.2) is 64.4 Å². The predicted octanol–water partition coefficient (Wildman–Crippen LogP) is 3.65. The summed E-state index contributed by atoms with van der Waals surface area (Å²) < 4.78 is 17.9. The van der Waals surface area contributed by atoms with Crippen LogP contribution in [0.5, 0.6) is 17.2 Å². The Morgan fingerprint density at radius 1 is 0.962 bits per heavy atom. The Morgan fingerprint density at radius 2 is 1.58 bits per heavy atom. The Morgan fingerprint density at radius 3 is 2.08 bits per heavy atom. The third-order valence-corrected chi connectivity index (χ3v) is 6.12. The molecule has 6 heteroatoms. The number of halogens is 1. The number of piperazine rings is 1. The first-order chi connectivity index (χ1) is 12.6. The van der Waals surface area contributed by atoms with E-state index in [2.05, 4.69) is 63.7 Å². The summed E-state index contributed by atoms with van der Waals surface area (Å²) in [5.74, 6) is 2.37. The van der Waals surface area contributed by atoms with Crippen molar-refractivity contribution in [2.75, 3.05) is 54.6 Å². The van der Waals surface area contributed by atoms with Crippen LogP contribution in [0.4, 0.5) is 0 Å². The topological polar surface area (TPSA) is 34.2 Å². The number of allylic oxidation sites excluding steroid dienone is 3. The number of nitrogens with zero attached hydrogens (tertiary/aromatic N) is 2. The predicted molar refractivity (Wildman–Crippen MR) is 113 cm³/mol. The third kappa shape index (κ3) is 3.96. The molecule has 142 valence electrons. The molecule has 1 saturated heterocycles. The lowest BCUT2D eigenvalue weighted by atomic mass is 9.90. The maximum absolute atomic E-state index is 5.51. The average Bonchev–Trinajstić information content (AvgIpc) is 2.67. The Balaban J connectivity index is 1.82. The molecule has 3 rings (SSSR count). The van der Waals surface area contributed by atoms with Crippen molar-refractivity contribution in [1.82, 2.24) is 9.80 Å². The number of rotatable bonds is 5. The van der Waals surface area contributed by atoms with E-state index in [-0.39, 0.29) is 0 Å². The smallest absolute Gasteiger partial charge is 0.203 e. The molecule has 0 aromatic heterocycles. The van der Waals surface area contributed by atoms with Gasteiger partial charge in [0, 0.05) is 41.4 Å². The van der Waals surface area contributed by atoms with Gasteiger partial charge in [0.1, 0.15) is 0 Å². The molecule has 26 heavy (non-hydrogen) atoms. The van der Waals surface area contributed by atoms with Crippen molar-refractivity contribution < 1.29 is 14.2 Å². The molecule has 0 bridgehead atoms. The Kier molecular flexibility index (Phi) is 6.34. The fourth-order valence-electron chi connectivity index (χ4n) is 3.53. The van der Waals surface area contributed by atoms with Crippen molar-refractivity contribution in [3.8, 4) is 17.2 Å². The molecule has 1 aromatic carbocycles. The fourth-order valence-corrected chi connectivity index (χ4v) is 4.53. The lowest BCUT2D eigenvalue weighted by Crippen LogP contribution is -2.44. The SMILES string of the molecule is COc1cc(C2C=CC(N3CCN(C)CC3)=C(I)C2)cc(OC)c1OC. The number of hydrogen-bond donors (Lipinski definition) is 0. The molecular formula is C20H27IN2O3. The van der Waals surface area contributed by atoms with Gasteiger partial charge in [-0.1, -0.05) is 6.08 Å². The van der Waals surface area contributed by atoms with Crippen molar-refractivity contribution in [3.63, 3.8) is 0 Å². The molecule has 5 nitrogen and oxygen atoms in total. The second-order valence-corrected chi connectivity index (χ2v) is 8.01. The first-order valence-corrected chi connectivity index (χ1v) is 9.95. The van der Waals surface area contributed by atoms with Crippen LogP contribution in [0.1, 0.15) is 17.9 Å². The van der Waals surface area contributed by atoms with E-state index < -0.39 is 0 Å². The lowest BCUT2D eigenvalue weighted by molar-refractivity contribution is 0.189. The normalized spacial score (nSPS) is 21.1. The van der Waals surface area contributed by atoms with Crippen molar-refractivity contribution in [1.29, 1.82) is 0 Å². The van der Waals surface area contributed by atoms with E-state index in [1.807, 2.05) is 0 Å². The Hall–Kier alpha value is -1.41. The number of benzene rings is 1. The van der Waals surface area contributed by atoms with Gasteiger partial charge in [0.25, 0.3) is 0 Å². The molecule has 1 fully saturated rings. The van der Waals surface area contributed by atoms with Gasteiger partial charge < -0.3 is 24.0 Å². The summed E-state index contributed by atoms with van der Waals surface area (Å²) in [5.41, 5.74) is 2.56. The molecular weight excluding hydrogens is 443 g/mol. The van der Waals surface area contributed by atoms with E-state index in [1.54, 1.807) is 21.3 Å². The summed E-state index contributed by atoms with van der Waals surface area (Å²) in [5, 5.41) is 0. The van der Waals surface area contributed by atoms with Crippen molar-refractivity contribution in [2.24, 2.45) is 0 Å². The zero-order valence-electron chi connectivity index (χ0n) is 15.9. The highest BCUT2D eigenvalue weighted by atomic mass is 127. The highest BCUT2D eigenvalue weighted by Crippen LogP contribution is 2.43. The van der Waals surface area contributed by atoms with Gasteiger partial charge in [-0.05, 0) is 59.8 Å². The van der Waals surface area contributed by atoms with Gasteiger partial charge in [-0.25, -0.2) is 0 Å². The van der Waals surface area contributed by atoms with Crippen molar-refractivity contribution >= 4 is 22.6 Å². The van der Waals surface area contributed by atoms with Gasteiger partial charge in [-0.3, -0.25) is 0 Å². The monoisotopic (exact) mass is 470 g/mol. The lowest BCUT2D eigenvalue weighted by Gasteiger charge is -2.36. The highest BCUT2D eigenvalue weighted by molar-refractivity contribution is 14.1. The minimum atomic E-state index is 0.312. The van der Waals surface area contributed by atoms with Gasteiger partial charge in [0.05, 0.1) is 21.3 Å². The molecule has 1 aliphatic carbocycles. The van der Waals surface area contributed by atoms with E-state index >= 15 is 0 Å². The second-order valence-electron chi connectivity index (χ2n) is 6.71. The minimum Gasteiger partial charge on any atom is -0.493 e. The standard InChI is InChI=1S/C20H27IN2O3/c1-22-7-9-23(10-8-22)17-6-5-14(11-16(17)21)15-12-18(24-2)20(26-4)19(13-15)25-3/h5-6,12-14H,7-11H2,1-4H3. The van der Waals surface area contributed by atoms with E-state index in [1.165, 1.54) is 14.8 Å². The number of ether oxygens (including phenoxy) is 3. The highest BCUT2D eigenvalue weighted by Gasteiger charge is 2.24. The van der Waals surface area contributed by atoms with Gasteiger partial charge in [0.15, 0.2) is 11.5 Å². The molecule has 1 aliphatic heterocycles. The second kappa shape index (κ2) is 8.52. The van der Waals surface area contributed by atoms with Crippen LogP contribution in [0.2, 0.25) is 0 Å². The summed E-state index contributed by atoms with van der Waals surface area (Å²) in [6.45, 7) is 4.43. The maximum atomic E-state index is 5.51. The molecule has 0 N–H and O–H groups in total. The van der Waals surface area contributed by atoms with Crippen molar-refractivity contribution in [2.45, 2.75) is 12.3 Å². The summed E-state index contributed by atoms with van der Waals surface area (Å²) >= 11 is 2.50. The molecule has 0 spiro atoms. The van der Waals surface area contributed by atoms with Crippen molar-refractivity contribution in [3.05, 3.63) is 39.1 Å². The molecule has 0 amide bonds. The number of methoxy groups -OCH3 is 3. The van der Waals surface area contributed by atoms with Gasteiger partial charge >= 0.3 is 0 Å². The summed E-state index contributed by atoms with van der Waals surface area (Å²) in [6.07, 6.45) is 5.58. The van der Waals surface area contributed by atoms with Gasteiger partial charge in [0.2, 0.25) is 5.75 Å². The van der Waals surface area contributed by atoms with Crippen LogP contribution in [0.15, 0.2) is 33.6 Å². The Labute approximate surface area is 169 Å². The van der Waals surface area contributed by atoms with Crippen LogP contribution in [0.25, 0.3) is 0 Å². The zero-order valence-corrected chi connectivity index (χ0v) is 18.1. The molecule has 0 saturated carbocycles. The molecule has 1 aromatic rings. The molecule has 1 heterocycles. The van der Waals surface area contributed by atoms with Gasteiger partial charge in [-0.2, -0.15) is 0 Å². The quantitative estimate of drug-likeness (QED) is 0.614. The molecule has 2 aliphatic rings. The maximum Gasteiger partial charge on any atom is 0.203 e. The first kappa shape index (κ1) is 19.4. The summed E-state index contributed by atoms with van der Waals surface area (Å²) in [4.78, 5) is 4.89. The van der Waals surface area contributed by atoms with E-state index in [4.69, 9.17) is 14.2 Å². The fraction of sp³-hybridized carbons (Fsp3) is 0.500. The average molecular weight is 470 g/mol. The Bertz CT molecular complexity index is 684. The van der Waals surface area contributed by atoms with Gasteiger partial charge in [-0.15, -0.1) is 0 Å².